The van der Waals surface area contributed by atoms with Crippen LogP contribution in [0.3, 0.4) is 0 Å². The molecular formula is C13H19N3O2. The number of aromatic nitrogens is 2. The van der Waals surface area contributed by atoms with Crippen LogP contribution in [0.1, 0.15) is 26.2 Å². The number of nitrogens with zero attached hydrogens (tertiary/aromatic N) is 2. The van der Waals surface area contributed by atoms with Crippen molar-refractivity contribution in [2.24, 2.45) is 5.92 Å². The Balaban J connectivity index is 2.01. The molecule has 0 aliphatic rings. The van der Waals surface area contributed by atoms with Crippen LogP contribution in [0.25, 0.3) is 11.4 Å². The summed E-state index contributed by atoms with van der Waals surface area (Å²) in [6.07, 6.45) is 5.04. The molecule has 0 bridgehead atoms. The number of nitrogens with one attached hydrogen (secondary N) is 1. The normalized spacial score (nSPS) is 13.1. The van der Waals surface area contributed by atoms with Gasteiger partial charge in [-0.15, -0.1) is 0 Å². The molecule has 0 saturated heterocycles. The van der Waals surface area contributed by atoms with Crippen molar-refractivity contribution in [1.82, 2.24) is 15.5 Å². The van der Waals surface area contributed by atoms with Crippen molar-refractivity contribution in [3.63, 3.8) is 0 Å². The third-order valence-electron chi connectivity index (χ3n) is 2.83. The van der Waals surface area contributed by atoms with E-state index in [0.29, 0.717) is 23.7 Å². The first-order valence-electron chi connectivity index (χ1n) is 6.21. The van der Waals surface area contributed by atoms with Gasteiger partial charge in [-0.05, 0) is 25.5 Å². The zero-order chi connectivity index (χ0) is 13.0. The molecule has 5 heteroatoms. The minimum atomic E-state index is 0.364. The second-order valence-electron chi connectivity index (χ2n) is 4.84. The van der Waals surface area contributed by atoms with Crippen LogP contribution < -0.4 is 5.32 Å². The summed E-state index contributed by atoms with van der Waals surface area (Å²) in [5.74, 6) is 1.88. The van der Waals surface area contributed by atoms with Crippen molar-refractivity contribution in [3.05, 3.63) is 24.5 Å². The second-order valence-corrected chi connectivity index (χ2v) is 4.84. The SMILES string of the molecule is CNC(Cc1nc(-c2ccoc2)no1)CC(C)C. The van der Waals surface area contributed by atoms with Gasteiger partial charge < -0.3 is 14.3 Å². The lowest BCUT2D eigenvalue weighted by Gasteiger charge is -2.15. The molecule has 0 saturated carbocycles. The summed E-state index contributed by atoms with van der Waals surface area (Å²) < 4.78 is 10.3. The molecule has 0 fully saturated rings. The molecule has 2 aromatic rings. The quantitative estimate of drug-likeness (QED) is 0.852. The van der Waals surface area contributed by atoms with E-state index >= 15 is 0 Å². The molecule has 0 aromatic carbocycles. The summed E-state index contributed by atoms with van der Waals surface area (Å²) in [6.45, 7) is 4.41. The molecule has 2 aromatic heterocycles. The summed E-state index contributed by atoms with van der Waals surface area (Å²) >= 11 is 0. The van der Waals surface area contributed by atoms with Gasteiger partial charge in [-0.3, -0.25) is 0 Å². The molecule has 1 atom stereocenters. The standard InChI is InChI=1S/C13H19N3O2/c1-9(2)6-11(14-3)7-12-15-13(16-18-12)10-4-5-17-8-10/h4-5,8-9,11,14H,6-7H2,1-3H3. The van der Waals surface area contributed by atoms with Gasteiger partial charge in [0.05, 0.1) is 11.8 Å². The maximum Gasteiger partial charge on any atom is 0.228 e. The molecular weight excluding hydrogens is 230 g/mol. The van der Waals surface area contributed by atoms with Gasteiger partial charge in [0.15, 0.2) is 0 Å². The van der Waals surface area contributed by atoms with Gasteiger partial charge >= 0.3 is 0 Å². The fraction of sp³-hybridized carbons (Fsp3) is 0.538. The lowest BCUT2D eigenvalue weighted by atomic mass is 10.0. The molecule has 2 rings (SSSR count). The number of rotatable bonds is 6. The van der Waals surface area contributed by atoms with Gasteiger partial charge in [-0.1, -0.05) is 19.0 Å². The predicted molar refractivity (Wildman–Crippen MR) is 68.0 cm³/mol. The molecule has 18 heavy (non-hydrogen) atoms. The highest BCUT2D eigenvalue weighted by atomic mass is 16.5. The fourth-order valence-corrected chi connectivity index (χ4v) is 1.93. The minimum absolute atomic E-state index is 0.364. The van der Waals surface area contributed by atoms with Crippen LogP contribution in [0.5, 0.6) is 0 Å². The topological polar surface area (TPSA) is 64.1 Å². The molecule has 2 heterocycles. The van der Waals surface area contributed by atoms with Gasteiger partial charge in [0.2, 0.25) is 11.7 Å². The first-order valence-corrected chi connectivity index (χ1v) is 6.21. The average Bonchev–Trinajstić information content (AvgIpc) is 2.97. The van der Waals surface area contributed by atoms with E-state index in [9.17, 15) is 0 Å². The Bertz CT molecular complexity index is 462. The van der Waals surface area contributed by atoms with Crippen LogP contribution in [-0.2, 0) is 6.42 Å². The Labute approximate surface area is 107 Å². The van der Waals surface area contributed by atoms with Crippen LogP contribution >= 0.6 is 0 Å². The monoisotopic (exact) mass is 249 g/mol. The third-order valence-corrected chi connectivity index (χ3v) is 2.83. The van der Waals surface area contributed by atoms with E-state index in [0.717, 1.165) is 18.4 Å². The molecule has 0 spiro atoms. The Morgan fingerprint density at radius 3 is 2.83 bits per heavy atom. The predicted octanol–water partition coefficient (Wildman–Crippen LogP) is 2.51. The molecule has 0 amide bonds. The van der Waals surface area contributed by atoms with Crippen LogP contribution in [-0.4, -0.2) is 23.2 Å². The van der Waals surface area contributed by atoms with Gasteiger partial charge in [-0.2, -0.15) is 4.98 Å². The number of hydrogen-bond acceptors (Lipinski definition) is 5. The highest BCUT2D eigenvalue weighted by Crippen LogP contribution is 2.17. The van der Waals surface area contributed by atoms with E-state index < -0.39 is 0 Å². The largest absolute Gasteiger partial charge is 0.472 e. The molecule has 1 unspecified atom stereocenters. The molecule has 0 radical (unpaired) electrons. The van der Waals surface area contributed by atoms with Gasteiger partial charge in [0.25, 0.3) is 0 Å². The highest BCUT2D eigenvalue weighted by Gasteiger charge is 2.15. The molecule has 0 aliphatic heterocycles. The van der Waals surface area contributed by atoms with E-state index in [4.69, 9.17) is 8.94 Å². The lowest BCUT2D eigenvalue weighted by molar-refractivity contribution is 0.345. The summed E-state index contributed by atoms with van der Waals surface area (Å²) in [6, 6.07) is 2.18. The van der Waals surface area contributed by atoms with Gasteiger partial charge in [0.1, 0.15) is 6.26 Å². The lowest BCUT2D eigenvalue weighted by Crippen LogP contribution is -2.29. The summed E-state index contributed by atoms with van der Waals surface area (Å²) in [5.41, 5.74) is 0.842. The number of likely N-dealkylation sites (N-methyl/N-ethyl adjacent to an activating group) is 1. The maximum absolute atomic E-state index is 5.26. The fourth-order valence-electron chi connectivity index (χ4n) is 1.93. The Kier molecular flexibility index (Phi) is 4.15. The average molecular weight is 249 g/mol. The molecule has 5 nitrogen and oxygen atoms in total. The Morgan fingerprint density at radius 2 is 2.22 bits per heavy atom. The zero-order valence-corrected chi connectivity index (χ0v) is 11.0. The van der Waals surface area contributed by atoms with Crippen molar-refractivity contribution >= 4 is 0 Å². The van der Waals surface area contributed by atoms with E-state index in [1.54, 1.807) is 12.5 Å². The minimum Gasteiger partial charge on any atom is -0.472 e. The summed E-state index contributed by atoms with van der Waals surface area (Å²) in [7, 11) is 1.96. The summed E-state index contributed by atoms with van der Waals surface area (Å²) in [4.78, 5) is 4.37. The first-order chi connectivity index (χ1) is 8.69. The van der Waals surface area contributed by atoms with Crippen molar-refractivity contribution in [1.29, 1.82) is 0 Å². The van der Waals surface area contributed by atoms with Crippen LogP contribution in [0.2, 0.25) is 0 Å². The van der Waals surface area contributed by atoms with Gasteiger partial charge in [-0.25, -0.2) is 0 Å². The van der Waals surface area contributed by atoms with Gasteiger partial charge in [0, 0.05) is 12.5 Å². The van der Waals surface area contributed by atoms with Crippen molar-refractivity contribution in [2.45, 2.75) is 32.7 Å². The van der Waals surface area contributed by atoms with E-state index in [1.807, 2.05) is 13.1 Å². The molecule has 98 valence electrons. The van der Waals surface area contributed by atoms with E-state index in [-0.39, 0.29) is 0 Å². The highest BCUT2D eigenvalue weighted by molar-refractivity contribution is 5.51. The van der Waals surface area contributed by atoms with Crippen LogP contribution in [0.4, 0.5) is 0 Å². The number of furan rings is 1. The Hall–Kier alpha value is -1.62. The zero-order valence-electron chi connectivity index (χ0n) is 11.0. The Morgan fingerprint density at radius 1 is 1.39 bits per heavy atom. The number of hydrogen-bond donors (Lipinski definition) is 1. The molecule has 0 aliphatic carbocycles. The smallest absolute Gasteiger partial charge is 0.228 e. The third kappa shape index (κ3) is 3.20. The molecule has 1 N–H and O–H groups in total. The van der Waals surface area contributed by atoms with Crippen LogP contribution in [0.15, 0.2) is 27.5 Å². The van der Waals surface area contributed by atoms with Crippen molar-refractivity contribution < 1.29 is 8.94 Å². The summed E-state index contributed by atoms with van der Waals surface area (Å²) in [5, 5.41) is 7.23. The van der Waals surface area contributed by atoms with Crippen LogP contribution in [0, 0.1) is 5.92 Å². The van der Waals surface area contributed by atoms with Crippen molar-refractivity contribution in [3.8, 4) is 11.4 Å². The maximum atomic E-state index is 5.26. The second kappa shape index (κ2) is 5.82. The van der Waals surface area contributed by atoms with E-state index in [1.165, 1.54) is 0 Å². The van der Waals surface area contributed by atoms with E-state index in [2.05, 4.69) is 29.3 Å². The first kappa shape index (κ1) is 12.8. The van der Waals surface area contributed by atoms with Crippen molar-refractivity contribution in [2.75, 3.05) is 7.05 Å².